The number of benzene rings is 2. The number of aromatic nitrogens is 1. The first-order valence-electron chi connectivity index (χ1n) is 9.61. The number of aromatic carboxylic acids is 1. The highest BCUT2D eigenvalue weighted by atomic mass is 79.9. The lowest BCUT2D eigenvalue weighted by Gasteiger charge is -2.28. The van der Waals surface area contributed by atoms with E-state index in [2.05, 4.69) is 31.1 Å². The van der Waals surface area contributed by atoms with Crippen LogP contribution in [0.25, 0.3) is 10.9 Å². The van der Waals surface area contributed by atoms with Crippen molar-refractivity contribution in [3.8, 4) is 5.75 Å². The summed E-state index contributed by atoms with van der Waals surface area (Å²) in [4.78, 5) is 18.9. The van der Waals surface area contributed by atoms with Crippen molar-refractivity contribution in [2.75, 3.05) is 38.7 Å². The summed E-state index contributed by atoms with van der Waals surface area (Å²) in [6.45, 7) is 3.78. The maximum absolute atomic E-state index is 11.9. The number of pyridine rings is 1. The number of carboxylic acids is 1. The zero-order valence-electron chi connectivity index (χ0n) is 16.5. The van der Waals surface area contributed by atoms with Crippen molar-refractivity contribution in [1.82, 2.24) is 9.88 Å². The number of methoxy groups -OCH3 is 1. The highest BCUT2D eigenvalue weighted by molar-refractivity contribution is 9.10. The fraction of sp³-hybridized carbons (Fsp3) is 0.273. The van der Waals surface area contributed by atoms with Crippen molar-refractivity contribution in [2.45, 2.75) is 6.54 Å². The third-order valence-corrected chi connectivity index (χ3v) is 5.62. The Hall–Kier alpha value is -2.68. The number of ether oxygens (including phenoxy) is 2. The van der Waals surface area contributed by atoms with Gasteiger partial charge in [-0.1, -0.05) is 22.0 Å². The van der Waals surface area contributed by atoms with E-state index in [1.54, 1.807) is 18.2 Å². The molecule has 1 fully saturated rings. The number of hydrogen-bond donors (Lipinski definition) is 2. The second kappa shape index (κ2) is 8.99. The van der Waals surface area contributed by atoms with Crippen molar-refractivity contribution < 1.29 is 19.4 Å². The highest BCUT2D eigenvalue weighted by Gasteiger charge is 2.20. The van der Waals surface area contributed by atoms with E-state index in [9.17, 15) is 9.90 Å². The Morgan fingerprint density at radius 1 is 1.30 bits per heavy atom. The molecule has 8 heteroatoms. The fourth-order valence-corrected chi connectivity index (χ4v) is 4.00. The summed E-state index contributed by atoms with van der Waals surface area (Å²) >= 11 is 3.54. The molecule has 1 aromatic heterocycles. The van der Waals surface area contributed by atoms with E-state index in [1.165, 1.54) is 7.11 Å². The summed E-state index contributed by atoms with van der Waals surface area (Å²) in [6, 6.07) is 11.0. The molecule has 0 amide bonds. The fourth-order valence-electron chi connectivity index (χ4n) is 3.63. The first kappa shape index (κ1) is 20.6. The van der Waals surface area contributed by atoms with Gasteiger partial charge in [-0.2, -0.15) is 0 Å². The van der Waals surface area contributed by atoms with Gasteiger partial charge in [-0.3, -0.25) is 9.88 Å². The third kappa shape index (κ3) is 4.26. The Morgan fingerprint density at radius 2 is 2.10 bits per heavy atom. The van der Waals surface area contributed by atoms with Gasteiger partial charge >= 0.3 is 5.97 Å². The summed E-state index contributed by atoms with van der Waals surface area (Å²) in [5.41, 5.74) is 3.21. The van der Waals surface area contributed by atoms with Crippen molar-refractivity contribution in [3.63, 3.8) is 0 Å². The van der Waals surface area contributed by atoms with Crippen LogP contribution in [0.2, 0.25) is 0 Å². The molecule has 2 N–H and O–H groups in total. The first-order valence-corrected chi connectivity index (χ1v) is 10.4. The molecule has 1 aliphatic heterocycles. The van der Waals surface area contributed by atoms with Crippen LogP contribution in [0.5, 0.6) is 5.75 Å². The third-order valence-electron chi connectivity index (χ3n) is 5.13. The Kier molecular flexibility index (Phi) is 6.17. The summed E-state index contributed by atoms with van der Waals surface area (Å²) in [6.07, 6.45) is 1.86. The quantitative estimate of drug-likeness (QED) is 0.554. The van der Waals surface area contributed by atoms with Crippen LogP contribution in [0.3, 0.4) is 0 Å². The van der Waals surface area contributed by atoms with E-state index in [0.29, 0.717) is 31.2 Å². The van der Waals surface area contributed by atoms with E-state index < -0.39 is 5.97 Å². The van der Waals surface area contributed by atoms with E-state index in [-0.39, 0.29) is 5.56 Å². The number of fused-ring (bicyclic) bond motifs is 1. The average molecular weight is 472 g/mol. The maximum atomic E-state index is 11.9. The summed E-state index contributed by atoms with van der Waals surface area (Å²) < 4.78 is 11.7. The molecule has 3 aromatic rings. The topological polar surface area (TPSA) is 83.9 Å². The minimum Gasteiger partial charge on any atom is -0.496 e. The average Bonchev–Trinajstić information content (AvgIpc) is 2.75. The normalized spacial score (nSPS) is 14.6. The minimum absolute atomic E-state index is 0.0947. The molecule has 156 valence electrons. The van der Waals surface area contributed by atoms with Gasteiger partial charge in [0.1, 0.15) is 11.3 Å². The highest BCUT2D eigenvalue weighted by Crippen LogP contribution is 2.35. The number of halogens is 1. The summed E-state index contributed by atoms with van der Waals surface area (Å²) in [5.74, 6) is -0.744. The summed E-state index contributed by atoms with van der Waals surface area (Å²) in [7, 11) is 1.47. The van der Waals surface area contributed by atoms with Crippen LogP contribution in [0.15, 0.2) is 47.1 Å². The number of morpholine rings is 1. The van der Waals surface area contributed by atoms with Crippen LogP contribution in [0, 0.1) is 0 Å². The largest absolute Gasteiger partial charge is 0.496 e. The van der Waals surface area contributed by atoms with Gasteiger partial charge in [0.05, 0.1) is 37.2 Å². The number of nitrogens with one attached hydrogen (secondary N) is 1. The molecule has 30 heavy (non-hydrogen) atoms. The molecule has 1 saturated heterocycles. The number of nitrogens with zero attached hydrogens (tertiary/aromatic N) is 2. The van der Waals surface area contributed by atoms with E-state index >= 15 is 0 Å². The predicted molar refractivity (Wildman–Crippen MR) is 119 cm³/mol. The Morgan fingerprint density at radius 3 is 2.83 bits per heavy atom. The molecule has 0 bridgehead atoms. The van der Waals surface area contributed by atoms with Crippen LogP contribution in [-0.4, -0.2) is 54.4 Å². The first-order chi connectivity index (χ1) is 14.6. The lowest BCUT2D eigenvalue weighted by Crippen LogP contribution is -2.35. The lowest BCUT2D eigenvalue weighted by atomic mass is 10.1. The number of hydrogen-bond acceptors (Lipinski definition) is 6. The van der Waals surface area contributed by atoms with E-state index in [0.717, 1.165) is 39.7 Å². The summed E-state index contributed by atoms with van der Waals surface area (Å²) in [5, 5.41) is 14.1. The predicted octanol–water partition coefficient (Wildman–Crippen LogP) is 4.28. The SMILES string of the molecule is COc1cccc(Nc2c(CN3CCOCC3)cnc3ccc(Br)cc23)c1C(=O)O. The Labute approximate surface area is 182 Å². The standard InChI is InChI=1S/C22H22BrN3O4/c1-29-19-4-2-3-18(20(19)22(27)28)25-21-14(13-26-7-9-30-10-8-26)12-24-17-6-5-15(23)11-16(17)21/h2-6,11-12H,7-10,13H2,1H3,(H,24,25)(H,27,28). The molecule has 0 unspecified atom stereocenters. The number of carboxylic acid groups (broad SMARTS) is 1. The molecule has 1 aliphatic rings. The molecule has 0 saturated carbocycles. The van der Waals surface area contributed by atoms with Crippen molar-refractivity contribution in [1.29, 1.82) is 0 Å². The maximum Gasteiger partial charge on any atom is 0.341 e. The zero-order valence-corrected chi connectivity index (χ0v) is 18.1. The van der Waals surface area contributed by atoms with Crippen molar-refractivity contribution >= 4 is 44.2 Å². The van der Waals surface area contributed by atoms with Gasteiger partial charge in [0, 0.05) is 41.3 Å². The smallest absolute Gasteiger partial charge is 0.341 e. The van der Waals surface area contributed by atoms with Crippen LogP contribution in [0.4, 0.5) is 11.4 Å². The second-order valence-electron chi connectivity index (χ2n) is 7.02. The van der Waals surface area contributed by atoms with Gasteiger partial charge in [0.15, 0.2) is 0 Å². The number of anilines is 2. The molecule has 0 aliphatic carbocycles. The van der Waals surface area contributed by atoms with Crippen LogP contribution in [0.1, 0.15) is 15.9 Å². The van der Waals surface area contributed by atoms with Gasteiger partial charge in [-0.15, -0.1) is 0 Å². The van der Waals surface area contributed by atoms with Gasteiger partial charge in [0.25, 0.3) is 0 Å². The second-order valence-corrected chi connectivity index (χ2v) is 7.94. The van der Waals surface area contributed by atoms with Gasteiger partial charge in [-0.25, -0.2) is 4.79 Å². The Balaban J connectivity index is 1.83. The molecular weight excluding hydrogens is 450 g/mol. The molecule has 0 atom stereocenters. The van der Waals surface area contributed by atoms with Crippen LogP contribution >= 0.6 is 15.9 Å². The zero-order chi connectivity index (χ0) is 21.1. The number of carbonyl (C=O) groups is 1. The van der Waals surface area contributed by atoms with Gasteiger partial charge in [-0.05, 0) is 30.3 Å². The molecule has 0 spiro atoms. The van der Waals surface area contributed by atoms with Crippen LogP contribution < -0.4 is 10.1 Å². The monoisotopic (exact) mass is 471 g/mol. The van der Waals surface area contributed by atoms with Crippen LogP contribution in [-0.2, 0) is 11.3 Å². The molecule has 4 rings (SSSR count). The van der Waals surface area contributed by atoms with Gasteiger partial charge in [0.2, 0.25) is 0 Å². The molecule has 2 heterocycles. The van der Waals surface area contributed by atoms with Crippen molar-refractivity contribution in [3.05, 3.63) is 58.2 Å². The van der Waals surface area contributed by atoms with Crippen molar-refractivity contribution in [2.24, 2.45) is 0 Å². The molecule has 7 nitrogen and oxygen atoms in total. The molecular formula is C22H22BrN3O4. The number of rotatable bonds is 6. The lowest BCUT2D eigenvalue weighted by molar-refractivity contribution is 0.0342. The molecule has 0 radical (unpaired) electrons. The van der Waals surface area contributed by atoms with Gasteiger partial charge < -0.3 is 19.9 Å². The van der Waals surface area contributed by atoms with E-state index in [1.807, 2.05) is 24.4 Å². The Bertz CT molecular complexity index is 1080. The van der Waals surface area contributed by atoms with E-state index in [4.69, 9.17) is 9.47 Å². The molecule has 2 aromatic carbocycles. The minimum atomic E-state index is -1.05.